The van der Waals surface area contributed by atoms with Gasteiger partial charge in [0.05, 0.1) is 0 Å². The maximum Gasteiger partial charge on any atom is 0.0234 e. The third-order valence-electron chi connectivity index (χ3n) is 1.93. The van der Waals surface area contributed by atoms with Crippen molar-refractivity contribution in [2.24, 2.45) is 5.73 Å². The first-order chi connectivity index (χ1) is 5.07. The lowest BCUT2D eigenvalue weighted by atomic mass is 10.1. The van der Waals surface area contributed by atoms with E-state index in [1.807, 2.05) is 6.92 Å². The van der Waals surface area contributed by atoms with Crippen LogP contribution < -0.4 is 11.1 Å². The summed E-state index contributed by atoms with van der Waals surface area (Å²) in [6.45, 7) is 11.0. The molecule has 0 spiro atoms. The first kappa shape index (κ1) is 10.7. The van der Waals surface area contributed by atoms with Crippen molar-refractivity contribution in [2.45, 2.75) is 39.3 Å². The Labute approximate surface area is 69.9 Å². The van der Waals surface area contributed by atoms with E-state index < -0.39 is 0 Å². The SMILES string of the molecule is C=C(CNC(C)CC)C(C)N. The summed E-state index contributed by atoms with van der Waals surface area (Å²) >= 11 is 0. The van der Waals surface area contributed by atoms with E-state index in [4.69, 9.17) is 5.73 Å². The van der Waals surface area contributed by atoms with Crippen molar-refractivity contribution < 1.29 is 0 Å². The van der Waals surface area contributed by atoms with E-state index in [9.17, 15) is 0 Å². The van der Waals surface area contributed by atoms with Crippen molar-refractivity contribution >= 4 is 0 Å². The fourth-order valence-corrected chi connectivity index (χ4v) is 0.611. The molecule has 0 saturated heterocycles. The van der Waals surface area contributed by atoms with Gasteiger partial charge in [0.2, 0.25) is 0 Å². The van der Waals surface area contributed by atoms with Gasteiger partial charge in [-0.05, 0) is 25.8 Å². The smallest absolute Gasteiger partial charge is 0.0234 e. The third-order valence-corrected chi connectivity index (χ3v) is 1.93. The van der Waals surface area contributed by atoms with Gasteiger partial charge in [-0.25, -0.2) is 0 Å². The summed E-state index contributed by atoms with van der Waals surface area (Å²) in [4.78, 5) is 0. The summed E-state index contributed by atoms with van der Waals surface area (Å²) in [7, 11) is 0. The van der Waals surface area contributed by atoms with Crippen molar-refractivity contribution in [2.75, 3.05) is 6.54 Å². The zero-order valence-corrected chi connectivity index (χ0v) is 7.85. The van der Waals surface area contributed by atoms with Crippen LogP contribution in [0.3, 0.4) is 0 Å². The van der Waals surface area contributed by atoms with E-state index in [1.54, 1.807) is 0 Å². The second kappa shape index (κ2) is 5.33. The van der Waals surface area contributed by atoms with Crippen molar-refractivity contribution in [3.8, 4) is 0 Å². The van der Waals surface area contributed by atoms with Gasteiger partial charge in [0.1, 0.15) is 0 Å². The minimum atomic E-state index is 0.103. The van der Waals surface area contributed by atoms with Gasteiger partial charge >= 0.3 is 0 Å². The van der Waals surface area contributed by atoms with E-state index >= 15 is 0 Å². The van der Waals surface area contributed by atoms with Gasteiger partial charge in [-0.15, -0.1) is 0 Å². The van der Waals surface area contributed by atoms with Crippen molar-refractivity contribution in [3.63, 3.8) is 0 Å². The molecule has 0 heterocycles. The van der Waals surface area contributed by atoms with Crippen LogP contribution >= 0.6 is 0 Å². The van der Waals surface area contributed by atoms with Gasteiger partial charge in [0.25, 0.3) is 0 Å². The standard InChI is InChI=1S/C9H20N2/c1-5-8(3)11-6-7(2)9(4)10/h8-9,11H,2,5-6,10H2,1,3-4H3. The van der Waals surface area contributed by atoms with Gasteiger partial charge in [0, 0.05) is 18.6 Å². The molecule has 0 aliphatic heterocycles. The van der Waals surface area contributed by atoms with Crippen LogP contribution in [0.15, 0.2) is 12.2 Å². The van der Waals surface area contributed by atoms with Crippen LogP contribution in [-0.4, -0.2) is 18.6 Å². The Morgan fingerprint density at radius 2 is 2.09 bits per heavy atom. The lowest BCUT2D eigenvalue weighted by Gasteiger charge is -2.14. The van der Waals surface area contributed by atoms with Crippen molar-refractivity contribution in [1.82, 2.24) is 5.32 Å². The lowest BCUT2D eigenvalue weighted by molar-refractivity contribution is 0.551. The number of rotatable bonds is 5. The molecule has 2 atom stereocenters. The first-order valence-corrected chi connectivity index (χ1v) is 4.24. The molecule has 66 valence electrons. The Balaban J connectivity index is 3.46. The van der Waals surface area contributed by atoms with E-state index in [2.05, 4.69) is 25.7 Å². The molecular formula is C9H20N2. The molecule has 0 rings (SSSR count). The van der Waals surface area contributed by atoms with Crippen LogP contribution in [0.4, 0.5) is 0 Å². The molecule has 0 radical (unpaired) electrons. The highest BCUT2D eigenvalue weighted by Crippen LogP contribution is 1.95. The molecule has 0 saturated carbocycles. The maximum atomic E-state index is 5.62. The molecule has 0 bridgehead atoms. The lowest BCUT2D eigenvalue weighted by Crippen LogP contribution is -2.31. The largest absolute Gasteiger partial charge is 0.324 e. The summed E-state index contributed by atoms with van der Waals surface area (Å²) < 4.78 is 0. The Kier molecular flexibility index (Phi) is 5.16. The van der Waals surface area contributed by atoms with Crippen molar-refractivity contribution in [1.29, 1.82) is 0 Å². The predicted octanol–water partition coefficient (Wildman–Crippen LogP) is 1.28. The summed E-state index contributed by atoms with van der Waals surface area (Å²) in [6.07, 6.45) is 1.15. The summed E-state index contributed by atoms with van der Waals surface area (Å²) in [5, 5.41) is 3.33. The molecule has 0 aromatic carbocycles. The van der Waals surface area contributed by atoms with E-state index in [0.717, 1.165) is 18.5 Å². The highest BCUT2D eigenvalue weighted by atomic mass is 14.9. The minimum Gasteiger partial charge on any atom is -0.324 e. The average molecular weight is 156 g/mol. The van der Waals surface area contributed by atoms with Crippen LogP contribution in [-0.2, 0) is 0 Å². The fraction of sp³-hybridized carbons (Fsp3) is 0.778. The second-order valence-electron chi connectivity index (χ2n) is 3.14. The highest BCUT2D eigenvalue weighted by Gasteiger charge is 2.01. The topological polar surface area (TPSA) is 38.0 Å². The Morgan fingerprint density at radius 1 is 1.55 bits per heavy atom. The maximum absolute atomic E-state index is 5.62. The Bertz CT molecular complexity index is 119. The number of nitrogens with two attached hydrogens (primary N) is 1. The third kappa shape index (κ3) is 4.99. The van der Waals surface area contributed by atoms with E-state index in [-0.39, 0.29) is 6.04 Å². The van der Waals surface area contributed by atoms with Gasteiger partial charge in [-0.3, -0.25) is 0 Å². The number of nitrogens with one attached hydrogen (secondary N) is 1. The molecule has 0 aromatic heterocycles. The zero-order chi connectivity index (χ0) is 8.85. The predicted molar refractivity (Wildman–Crippen MR) is 50.5 cm³/mol. The molecule has 3 N–H and O–H groups in total. The van der Waals surface area contributed by atoms with Crippen molar-refractivity contribution in [3.05, 3.63) is 12.2 Å². The summed E-state index contributed by atoms with van der Waals surface area (Å²) in [5.74, 6) is 0. The molecular weight excluding hydrogens is 136 g/mol. The van der Waals surface area contributed by atoms with Crippen LogP contribution in [0.2, 0.25) is 0 Å². The molecule has 2 heteroatoms. The summed E-state index contributed by atoms with van der Waals surface area (Å²) in [5.41, 5.74) is 6.70. The number of hydrogen-bond donors (Lipinski definition) is 2. The molecule has 0 amide bonds. The average Bonchev–Trinajstić information content (AvgIpc) is 1.99. The van der Waals surface area contributed by atoms with Crippen LogP contribution in [0.5, 0.6) is 0 Å². The zero-order valence-electron chi connectivity index (χ0n) is 7.85. The molecule has 2 unspecified atom stereocenters. The Hall–Kier alpha value is -0.340. The molecule has 0 aliphatic carbocycles. The first-order valence-electron chi connectivity index (χ1n) is 4.24. The van der Waals surface area contributed by atoms with Crippen LogP contribution in [0, 0.1) is 0 Å². The second-order valence-corrected chi connectivity index (χ2v) is 3.14. The van der Waals surface area contributed by atoms with Crippen LogP contribution in [0.1, 0.15) is 27.2 Å². The minimum absolute atomic E-state index is 0.103. The normalized spacial score (nSPS) is 16.0. The van der Waals surface area contributed by atoms with Crippen LogP contribution in [0.25, 0.3) is 0 Å². The monoisotopic (exact) mass is 156 g/mol. The van der Waals surface area contributed by atoms with Gasteiger partial charge < -0.3 is 11.1 Å². The summed E-state index contributed by atoms with van der Waals surface area (Å²) in [6, 6.07) is 0.664. The fourth-order valence-electron chi connectivity index (χ4n) is 0.611. The van der Waals surface area contributed by atoms with E-state index in [1.165, 1.54) is 0 Å². The molecule has 0 aromatic rings. The molecule has 0 aliphatic rings. The quantitative estimate of drug-likeness (QED) is 0.588. The van der Waals surface area contributed by atoms with Gasteiger partial charge in [-0.1, -0.05) is 13.5 Å². The molecule has 11 heavy (non-hydrogen) atoms. The molecule has 0 fully saturated rings. The number of hydrogen-bond acceptors (Lipinski definition) is 2. The highest BCUT2D eigenvalue weighted by molar-refractivity contribution is 5.04. The van der Waals surface area contributed by atoms with Gasteiger partial charge in [-0.2, -0.15) is 0 Å². The van der Waals surface area contributed by atoms with E-state index in [0.29, 0.717) is 6.04 Å². The molecule has 2 nitrogen and oxygen atoms in total. The van der Waals surface area contributed by atoms with Gasteiger partial charge in [0.15, 0.2) is 0 Å². The Morgan fingerprint density at radius 3 is 2.45 bits per heavy atom.